The van der Waals surface area contributed by atoms with E-state index in [1.165, 1.54) is 19.2 Å². The number of piperidine rings is 1. The molecular weight excluding hydrogens is 410 g/mol. The van der Waals surface area contributed by atoms with Gasteiger partial charge in [-0.05, 0) is 44.2 Å². The number of imidazole rings is 1. The molecule has 1 aromatic heterocycles. The molecule has 158 valence electrons. The molecule has 0 atom stereocenters. The molecule has 0 radical (unpaired) electrons. The van der Waals surface area contributed by atoms with Gasteiger partial charge in [-0.15, -0.1) is 0 Å². The summed E-state index contributed by atoms with van der Waals surface area (Å²) < 4.78 is 27.9. The second kappa shape index (κ2) is 7.58. The molecule has 1 saturated heterocycles. The first kappa shape index (κ1) is 20.1. The number of hydrogen-bond acceptors (Lipinski definition) is 6. The lowest BCUT2D eigenvalue weighted by atomic mass is 10.0. The zero-order chi connectivity index (χ0) is 21.5. The van der Waals surface area contributed by atoms with Crippen LogP contribution in [0.3, 0.4) is 0 Å². The van der Waals surface area contributed by atoms with Crippen LogP contribution >= 0.6 is 0 Å². The smallest absolute Gasteiger partial charge is 0.326 e. The summed E-state index contributed by atoms with van der Waals surface area (Å²) in [5.41, 5.74) is 1.58. The number of nitrogens with zero attached hydrogens (tertiary/aromatic N) is 3. The van der Waals surface area contributed by atoms with E-state index in [9.17, 15) is 23.3 Å². The number of fused-ring (bicyclic) bond motifs is 1. The van der Waals surface area contributed by atoms with Crippen LogP contribution in [-0.4, -0.2) is 43.0 Å². The van der Waals surface area contributed by atoms with Crippen molar-refractivity contribution in [1.29, 1.82) is 0 Å². The second-order valence-electron chi connectivity index (χ2n) is 7.15. The average molecular weight is 431 g/mol. The Hall–Kier alpha value is -3.18. The topological polar surface area (TPSA) is 130 Å². The fourth-order valence-corrected chi connectivity index (χ4v) is 4.75. The van der Waals surface area contributed by atoms with Gasteiger partial charge in [-0.25, -0.2) is 17.9 Å². The van der Waals surface area contributed by atoms with Gasteiger partial charge in [-0.2, -0.15) is 0 Å². The van der Waals surface area contributed by atoms with Crippen LogP contribution in [0.15, 0.2) is 52.2 Å². The van der Waals surface area contributed by atoms with Crippen LogP contribution in [0, 0.1) is 10.1 Å². The molecule has 11 heteroatoms. The number of nitro groups is 1. The van der Waals surface area contributed by atoms with Gasteiger partial charge >= 0.3 is 5.69 Å². The lowest BCUT2D eigenvalue weighted by Gasteiger charge is -2.33. The zero-order valence-corrected chi connectivity index (χ0v) is 17.1. The van der Waals surface area contributed by atoms with Crippen LogP contribution in [0.4, 0.5) is 11.4 Å². The van der Waals surface area contributed by atoms with Gasteiger partial charge in [0.2, 0.25) is 10.0 Å². The Balaban J connectivity index is 1.60. The Bertz CT molecular complexity index is 1270. The summed E-state index contributed by atoms with van der Waals surface area (Å²) >= 11 is 0. The second-order valence-corrected chi connectivity index (χ2v) is 9.04. The van der Waals surface area contributed by atoms with Gasteiger partial charge in [0.15, 0.2) is 0 Å². The molecule has 0 amide bonds. The van der Waals surface area contributed by atoms with Gasteiger partial charge in [0, 0.05) is 25.2 Å². The number of hydrogen-bond donors (Lipinski definition) is 2. The third-order valence-corrected chi connectivity index (χ3v) is 6.93. The fourth-order valence-electron chi connectivity index (χ4n) is 4.00. The van der Waals surface area contributed by atoms with Gasteiger partial charge in [-0.1, -0.05) is 12.1 Å². The maximum Gasteiger partial charge on any atom is 0.326 e. The molecule has 30 heavy (non-hydrogen) atoms. The summed E-state index contributed by atoms with van der Waals surface area (Å²) in [5.74, 6) is 0. The summed E-state index contributed by atoms with van der Waals surface area (Å²) in [4.78, 5) is 28.0. The number of sulfonamides is 1. The quantitative estimate of drug-likeness (QED) is 0.469. The molecule has 2 aromatic carbocycles. The highest BCUT2D eigenvalue weighted by Crippen LogP contribution is 2.34. The number of H-pyrrole nitrogens is 1. The maximum absolute atomic E-state index is 12.4. The number of nitro benzene ring substituents is 1. The lowest BCUT2D eigenvalue weighted by Crippen LogP contribution is -2.37. The normalized spacial score (nSPS) is 15.6. The van der Waals surface area contributed by atoms with Gasteiger partial charge in [-0.3, -0.25) is 14.7 Å². The van der Waals surface area contributed by atoms with Crippen molar-refractivity contribution in [1.82, 2.24) is 14.3 Å². The Kier molecular flexibility index (Phi) is 5.08. The minimum Gasteiger partial charge on any atom is -0.366 e. The molecule has 1 aliphatic heterocycles. The van der Waals surface area contributed by atoms with Crippen molar-refractivity contribution in [3.8, 4) is 0 Å². The number of benzene rings is 2. The van der Waals surface area contributed by atoms with Crippen molar-refractivity contribution >= 4 is 32.4 Å². The molecule has 0 spiro atoms. The zero-order valence-electron chi connectivity index (χ0n) is 16.2. The van der Waals surface area contributed by atoms with Crippen molar-refractivity contribution in [2.45, 2.75) is 23.8 Å². The lowest BCUT2D eigenvalue weighted by molar-refractivity contribution is -0.384. The highest BCUT2D eigenvalue weighted by atomic mass is 32.2. The number of anilines is 1. The number of aromatic nitrogens is 2. The molecule has 0 saturated carbocycles. The van der Waals surface area contributed by atoms with Crippen molar-refractivity contribution in [2.75, 3.05) is 25.0 Å². The van der Waals surface area contributed by atoms with E-state index in [2.05, 4.69) is 9.71 Å². The van der Waals surface area contributed by atoms with Gasteiger partial charge in [0.1, 0.15) is 5.69 Å². The van der Waals surface area contributed by atoms with Crippen LogP contribution < -0.4 is 15.3 Å². The van der Waals surface area contributed by atoms with Crippen LogP contribution in [0.2, 0.25) is 0 Å². The molecule has 0 unspecified atom stereocenters. The molecule has 1 aliphatic rings. The van der Waals surface area contributed by atoms with Crippen LogP contribution in [0.1, 0.15) is 18.9 Å². The van der Waals surface area contributed by atoms with E-state index in [0.717, 1.165) is 17.1 Å². The van der Waals surface area contributed by atoms with Crippen molar-refractivity contribution < 1.29 is 13.3 Å². The minimum atomic E-state index is -3.78. The summed E-state index contributed by atoms with van der Waals surface area (Å²) in [7, 11) is -2.52. The maximum atomic E-state index is 12.4. The average Bonchev–Trinajstić information content (AvgIpc) is 3.09. The number of aromatic amines is 1. The monoisotopic (exact) mass is 431 g/mol. The highest BCUT2D eigenvalue weighted by molar-refractivity contribution is 7.89. The van der Waals surface area contributed by atoms with E-state index in [0.29, 0.717) is 31.6 Å². The first-order valence-electron chi connectivity index (χ1n) is 9.48. The Morgan fingerprint density at radius 1 is 1.17 bits per heavy atom. The molecule has 0 bridgehead atoms. The summed E-state index contributed by atoms with van der Waals surface area (Å²) in [6.07, 6.45) is 1.27. The minimum absolute atomic E-state index is 0.0205. The predicted molar refractivity (Wildman–Crippen MR) is 112 cm³/mol. The SMILES string of the molecule is CNS(=O)(=O)c1ccc(N2CCC(n3c(=O)[nH]c4ccccc43)CC2)c([N+](=O)[O-])c1. The first-order valence-corrected chi connectivity index (χ1v) is 11.0. The van der Waals surface area contributed by atoms with E-state index in [-0.39, 0.29) is 22.3 Å². The molecule has 2 heterocycles. The molecule has 3 aromatic rings. The Morgan fingerprint density at radius 2 is 1.87 bits per heavy atom. The van der Waals surface area contributed by atoms with Crippen molar-refractivity contribution in [3.63, 3.8) is 0 Å². The van der Waals surface area contributed by atoms with E-state index < -0.39 is 14.9 Å². The third-order valence-electron chi connectivity index (χ3n) is 5.52. The summed E-state index contributed by atoms with van der Waals surface area (Å²) in [5, 5.41) is 11.6. The summed E-state index contributed by atoms with van der Waals surface area (Å²) in [6.45, 7) is 1.02. The number of para-hydroxylation sites is 2. The fraction of sp³-hybridized carbons (Fsp3) is 0.316. The third kappa shape index (κ3) is 3.46. The van der Waals surface area contributed by atoms with Gasteiger partial charge in [0.05, 0.1) is 20.9 Å². The largest absolute Gasteiger partial charge is 0.366 e. The van der Waals surface area contributed by atoms with E-state index in [1.54, 1.807) is 4.57 Å². The molecule has 0 aliphatic carbocycles. The number of rotatable bonds is 5. The molecule has 1 fully saturated rings. The Labute approximate surface area is 172 Å². The van der Waals surface area contributed by atoms with Crippen molar-refractivity contribution in [2.24, 2.45) is 0 Å². The molecule has 10 nitrogen and oxygen atoms in total. The van der Waals surface area contributed by atoms with Crippen LogP contribution in [0.5, 0.6) is 0 Å². The van der Waals surface area contributed by atoms with Crippen molar-refractivity contribution in [3.05, 3.63) is 63.1 Å². The predicted octanol–water partition coefficient (Wildman–Crippen LogP) is 1.99. The van der Waals surface area contributed by atoms with E-state index in [4.69, 9.17) is 0 Å². The van der Waals surface area contributed by atoms with Gasteiger partial charge in [0.25, 0.3) is 5.69 Å². The van der Waals surface area contributed by atoms with Crippen LogP contribution in [0.25, 0.3) is 11.0 Å². The van der Waals surface area contributed by atoms with E-state index >= 15 is 0 Å². The number of nitrogens with one attached hydrogen (secondary N) is 2. The molecule has 2 N–H and O–H groups in total. The summed E-state index contributed by atoms with van der Waals surface area (Å²) in [6, 6.07) is 11.4. The molecule has 4 rings (SSSR count). The first-order chi connectivity index (χ1) is 14.3. The van der Waals surface area contributed by atoms with Gasteiger partial charge < -0.3 is 9.88 Å². The van der Waals surface area contributed by atoms with E-state index in [1.807, 2.05) is 29.2 Å². The Morgan fingerprint density at radius 3 is 2.53 bits per heavy atom. The molecular formula is C19H21N5O5S. The van der Waals surface area contributed by atoms with Crippen LogP contribution in [-0.2, 0) is 10.0 Å². The highest BCUT2D eigenvalue weighted by Gasteiger charge is 2.28. The standard InChI is InChI=1S/C19H21N5O5S/c1-20-30(28,29)14-6-7-17(18(12-14)24(26)27)22-10-8-13(9-11-22)23-16-5-3-2-4-15(16)21-19(23)25/h2-7,12-13,20H,8-11H2,1H3,(H,21,25).